The molecule has 0 aliphatic heterocycles. The normalized spacial score (nSPS) is 9.59. The Kier molecular flexibility index (Phi) is 7.62. The zero-order chi connectivity index (χ0) is 16.5. The number of carbonyl (C=O) groups excluding carboxylic acids is 1. The minimum Gasteiger partial charge on any atom is -0.493 e. The van der Waals surface area contributed by atoms with Gasteiger partial charge in [0.2, 0.25) is 4.45 Å². The smallest absolute Gasteiger partial charge is 0.493 e. The van der Waals surface area contributed by atoms with Crippen LogP contribution in [0.2, 0.25) is 0 Å². The van der Waals surface area contributed by atoms with Gasteiger partial charge in [0.1, 0.15) is 11.5 Å². The molecular formula is C15H16O5S2. The first-order valence-corrected chi connectivity index (χ1v) is 7.99. The molecule has 0 aliphatic rings. The molecule has 0 aromatic heterocycles. The third kappa shape index (κ3) is 5.50. The van der Waals surface area contributed by atoms with E-state index in [9.17, 15) is 9.59 Å². The number of hydrogen-bond acceptors (Lipinski definition) is 5. The number of carbonyl (C=O) groups is 2. The van der Waals surface area contributed by atoms with Gasteiger partial charge in [-0.25, -0.2) is 4.79 Å². The molecule has 5 nitrogen and oxygen atoms in total. The van der Waals surface area contributed by atoms with Crippen LogP contribution < -0.4 is 9.47 Å². The SMILES string of the molecule is CCOc1ccc(OC(=O)O)c2ccccc12.CSC(=O)S. The molecule has 2 aromatic rings. The van der Waals surface area contributed by atoms with Gasteiger partial charge in [-0.15, -0.1) is 0 Å². The van der Waals surface area contributed by atoms with Gasteiger partial charge >= 0.3 is 6.16 Å². The third-order valence-electron chi connectivity index (χ3n) is 2.52. The van der Waals surface area contributed by atoms with Crippen LogP contribution in [0.1, 0.15) is 6.92 Å². The fourth-order valence-corrected chi connectivity index (χ4v) is 1.71. The molecule has 0 atom stereocenters. The summed E-state index contributed by atoms with van der Waals surface area (Å²) in [5.74, 6) is 1.04. The molecule has 2 aromatic carbocycles. The van der Waals surface area contributed by atoms with Crippen molar-refractivity contribution in [3.8, 4) is 11.5 Å². The van der Waals surface area contributed by atoms with E-state index in [0.717, 1.165) is 28.3 Å². The van der Waals surface area contributed by atoms with Gasteiger partial charge in [-0.3, -0.25) is 4.79 Å². The molecule has 22 heavy (non-hydrogen) atoms. The average molecular weight is 340 g/mol. The molecule has 0 saturated heterocycles. The van der Waals surface area contributed by atoms with Crippen molar-refractivity contribution in [1.29, 1.82) is 0 Å². The summed E-state index contributed by atoms with van der Waals surface area (Å²) in [6.07, 6.45) is 0.370. The lowest BCUT2D eigenvalue weighted by molar-refractivity contribution is 0.145. The van der Waals surface area contributed by atoms with Crippen molar-refractivity contribution in [3.05, 3.63) is 36.4 Å². The van der Waals surface area contributed by atoms with Crippen LogP contribution in [0, 0.1) is 0 Å². The molecule has 7 heteroatoms. The van der Waals surface area contributed by atoms with E-state index in [0.29, 0.717) is 12.4 Å². The first-order chi connectivity index (χ1) is 10.5. The summed E-state index contributed by atoms with van der Waals surface area (Å²) in [6.45, 7) is 2.46. The number of hydrogen-bond donors (Lipinski definition) is 2. The standard InChI is InChI=1S/C13H12O4.C2H4OS2/c1-2-16-11-7-8-12(17-13(14)15)10-6-4-3-5-9(10)11;1-5-2(3)4/h3-8H,2H2,1H3,(H,14,15);1H3,(H,3,4). The molecule has 0 saturated carbocycles. The number of carboxylic acid groups (broad SMARTS) is 1. The number of benzene rings is 2. The Bertz CT molecular complexity index is 657. The molecule has 0 aliphatic carbocycles. The van der Waals surface area contributed by atoms with Gasteiger partial charge in [-0.1, -0.05) is 48.7 Å². The minimum atomic E-state index is -1.32. The monoisotopic (exact) mass is 340 g/mol. The van der Waals surface area contributed by atoms with Gasteiger partial charge in [-0.05, 0) is 25.3 Å². The highest BCUT2D eigenvalue weighted by atomic mass is 32.2. The summed E-state index contributed by atoms with van der Waals surface area (Å²) in [5, 5.41) is 10.2. The van der Waals surface area contributed by atoms with Crippen molar-refractivity contribution in [2.75, 3.05) is 12.9 Å². The van der Waals surface area contributed by atoms with Gasteiger partial charge in [-0.2, -0.15) is 0 Å². The Morgan fingerprint density at radius 2 is 1.64 bits per heavy atom. The van der Waals surface area contributed by atoms with Crippen LogP contribution in [0.15, 0.2) is 36.4 Å². The topological polar surface area (TPSA) is 72.8 Å². The predicted molar refractivity (Wildman–Crippen MR) is 91.7 cm³/mol. The zero-order valence-corrected chi connectivity index (χ0v) is 13.8. The Labute approximate surface area is 138 Å². The summed E-state index contributed by atoms with van der Waals surface area (Å²) in [6, 6.07) is 10.7. The van der Waals surface area contributed by atoms with Crippen molar-refractivity contribution in [2.45, 2.75) is 6.92 Å². The first kappa shape index (κ1) is 18.2. The van der Waals surface area contributed by atoms with Crippen LogP contribution in [-0.4, -0.2) is 28.6 Å². The summed E-state index contributed by atoms with van der Waals surface area (Å²) >= 11 is 4.53. The molecule has 0 heterocycles. The summed E-state index contributed by atoms with van der Waals surface area (Å²) in [5.41, 5.74) is 0. The fraction of sp³-hybridized carbons (Fsp3) is 0.200. The van der Waals surface area contributed by atoms with Crippen molar-refractivity contribution >= 4 is 45.8 Å². The molecule has 0 radical (unpaired) electrons. The van der Waals surface area contributed by atoms with E-state index in [2.05, 4.69) is 12.6 Å². The molecule has 118 valence electrons. The molecule has 0 bridgehead atoms. The highest BCUT2D eigenvalue weighted by Gasteiger charge is 2.09. The fourth-order valence-electron chi connectivity index (χ4n) is 1.71. The van der Waals surface area contributed by atoms with E-state index in [1.54, 1.807) is 24.5 Å². The average Bonchev–Trinajstić information content (AvgIpc) is 2.50. The van der Waals surface area contributed by atoms with Gasteiger partial charge in [0.25, 0.3) is 0 Å². The quantitative estimate of drug-likeness (QED) is 0.479. The number of ether oxygens (including phenoxy) is 2. The second-order valence-electron chi connectivity index (χ2n) is 3.88. The lowest BCUT2D eigenvalue weighted by Gasteiger charge is -2.10. The van der Waals surface area contributed by atoms with Gasteiger partial charge < -0.3 is 14.6 Å². The summed E-state index contributed by atoms with van der Waals surface area (Å²) in [7, 11) is 0. The maximum absolute atomic E-state index is 10.6. The van der Waals surface area contributed by atoms with Crippen LogP contribution in [0.5, 0.6) is 11.5 Å². The lowest BCUT2D eigenvalue weighted by atomic mass is 10.1. The van der Waals surface area contributed by atoms with Crippen LogP contribution in [0.25, 0.3) is 10.8 Å². The molecule has 0 fully saturated rings. The molecular weight excluding hydrogens is 324 g/mol. The first-order valence-electron chi connectivity index (χ1n) is 6.31. The Balaban J connectivity index is 0.000000422. The molecule has 2 rings (SSSR count). The van der Waals surface area contributed by atoms with Crippen molar-refractivity contribution in [3.63, 3.8) is 0 Å². The maximum atomic E-state index is 10.6. The van der Waals surface area contributed by atoms with E-state index in [-0.39, 0.29) is 4.45 Å². The lowest BCUT2D eigenvalue weighted by Crippen LogP contribution is -2.03. The number of thioether (sulfide) groups is 1. The van der Waals surface area contributed by atoms with Gasteiger partial charge in [0, 0.05) is 10.8 Å². The van der Waals surface area contributed by atoms with Crippen LogP contribution in [-0.2, 0) is 0 Å². The molecule has 1 N–H and O–H groups in total. The van der Waals surface area contributed by atoms with E-state index in [1.165, 1.54) is 0 Å². The molecule has 0 unspecified atom stereocenters. The van der Waals surface area contributed by atoms with E-state index in [1.807, 2.05) is 25.1 Å². The van der Waals surface area contributed by atoms with Gasteiger partial charge in [0.05, 0.1) is 6.61 Å². The van der Waals surface area contributed by atoms with Crippen LogP contribution in [0.4, 0.5) is 9.59 Å². The van der Waals surface area contributed by atoms with Crippen LogP contribution >= 0.6 is 24.4 Å². The Morgan fingerprint density at radius 3 is 2.09 bits per heavy atom. The Hall–Kier alpha value is -1.86. The summed E-state index contributed by atoms with van der Waals surface area (Å²) in [4.78, 5) is 20.2. The number of rotatable bonds is 3. The molecule has 0 spiro atoms. The molecule has 0 amide bonds. The minimum absolute atomic E-state index is 0.134. The second-order valence-corrected chi connectivity index (χ2v) is 5.37. The van der Waals surface area contributed by atoms with Crippen LogP contribution in [0.3, 0.4) is 0 Å². The maximum Gasteiger partial charge on any atom is 0.511 e. The third-order valence-corrected chi connectivity index (χ3v) is 3.41. The van der Waals surface area contributed by atoms with Gasteiger partial charge in [0.15, 0.2) is 0 Å². The summed E-state index contributed by atoms with van der Waals surface area (Å²) < 4.78 is 10.1. The van der Waals surface area contributed by atoms with Crippen molar-refractivity contribution in [1.82, 2.24) is 0 Å². The Morgan fingerprint density at radius 1 is 1.14 bits per heavy atom. The van der Waals surface area contributed by atoms with Crippen molar-refractivity contribution < 1.29 is 24.2 Å². The van der Waals surface area contributed by atoms with E-state index < -0.39 is 6.16 Å². The van der Waals surface area contributed by atoms with E-state index in [4.69, 9.17) is 14.6 Å². The highest BCUT2D eigenvalue weighted by Crippen LogP contribution is 2.33. The predicted octanol–water partition coefficient (Wildman–Crippen LogP) is 4.69. The van der Waals surface area contributed by atoms with Crippen molar-refractivity contribution in [2.24, 2.45) is 0 Å². The van der Waals surface area contributed by atoms with E-state index >= 15 is 0 Å². The second kappa shape index (κ2) is 9.22. The zero-order valence-electron chi connectivity index (χ0n) is 12.1. The number of fused-ring (bicyclic) bond motifs is 1. The largest absolute Gasteiger partial charge is 0.511 e. The highest BCUT2D eigenvalue weighted by molar-refractivity contribution is 8.31. The number of thiol groups is 1.